The fourth-order valence-corrected chi connectivity index (χ4v) is 4.47. The lowest BCUT2D eigenvalue weighted by Gasteiger charge is -2.19. The smallest absolute Gasteiger partial charge is 0.270 e. The Labute approximate surface area is 185 Å². The first-order valence-electron chi connectivity index (χ1n) is 9.37. The Morgan fingerprint density at radius 1 is 0.933 bits per heavy atom. The molecule has 4 nitrogen and oxygen atoms in total. The van der Waals surface area contributed by atoms with Crippen molar-refractivity contribution in [3.05, 3.63) is 89.3 Å². The van der Waals surface area contributed by atoms with Gasteiger partial charge in [-0.2, -0.15) is 0 Å². The molecule has 0 spiro atoms. The minimum Gasteiger partial charge on any atom is -0.497 e. The van der Waals surface area contributed by atoms with Crippen LogP contribution in [0, 0.1) is 0 Å². The molecule has 6 heteroatoms. The molecule has 30 heavy (non-hydrogen) atoms. The summed E-state index contributed by atoms with van der Waals surface area (Å²) in [5.41, 5.74) is 3.88. The lowest BCUT2D eigenvalue weighted by molar-refractivity contribution is -0.113. The van der Waals surface area contributed by atoms with E-state index in [1.807, 2.05) is 79.9 Å². The lowest BCUT2D eigenvalue weighted by atomic mass is 10.1. The first kappa shape index (κ1) is 20.2. The average molecular weight is 433 g/mol. The average Bonchev–Trinajstić information content (AvgIpc) is 3.07. The normalized spacial score (nSPS) is 15.0. The van der Waals surface area contributed by atoms with Crippen LogP contribution in [0.3, 0.4) is 0 Å². The van der Waals surface area contributed by atoms with Gasteiger partial charge in [-0.05, 0) is 60.2 Å². The Morgan fingerprint density at radius 2 is 1.57 bits per heavy atom. The van der Waals surface area contributed by atoms with E-state index in [9.17, 15) is 4.79 Å². The summed E-state index contributed by atoms with van der Waals surface area (Å²) in [6, 6.07) is 25.6. The standard InChI is InChI=1S/C24H20N2O2S2/c1-25(18-6-4-3-5-7-18)19-10-8-17(9-11-19)16-22-23(27)26(24(29)30-22)20-12-14-21(28-2)15-13-20/h3-16H,1-2H3. The van der Waals surface area contributed by atoms with Gasteiger partial charge in [0.2, 0.25) is 0 Å². The Kier molecular flexibility index (Phi) is 5.88. The first-order chi connectivity index (χ1) is 14.6. The summed E-state index contributed by atoms with van der Waals surface area (Å²) in [6.45, 7) is 0. The third-order valence-electron chi connectivity index (χ3n) is 4.85. The largest absolute Gasteiger partial charge is 0.497 e. The summed E-state index contributed by atoms with van der Waals surface area (Å²) in [5.74, 6) is 0.626. The van der Waals surface area contributed by atoms with Crippen molar-refractivity contribution in [3.8, 4) is 5.75 Å². The van der Waals surface area contributed by atoms with Gasteiger partial charge in [0.25, 0.3) is 5.91 Å². The zero-order valence-electron chi connectivity index (χ0n) is 16.6. The Balaban J connectivity index is 1.53. The quantitative estimate of drug-likeness (QED) is 0.372. The number of carbonyl (C=O) groups excluding carboxylic acids is 1. The maximum atomic E-state index is 12.9. The number of carbonyl (C=O) groups is 1. The predicted octanol–water partition coefficient (Wildman–Crippen LogP) is 5.87. The number of para-hydroxylation sites is 1. The van der Waals surface area contributed by atoms with Gasteiger partial charge in [-0.3, -0.25) is 9.69 Å². The minimum absolute atomic E-state index is 0.111. The van der Waals surface area contributed by atoms with E-state index in [-0.39, 0.29) is 5.91 Å². The van der Waals surface area contributed by atoms with Gasteiger partial charge in [-0.15, -0.1) is 0 Å². The van der Waals surface area contributed by atoms with Crippen molar-refractivity contribution in [2.45, 2.75) is 0 Å². The highest BCUT2D eigenvalue weighted by Gasteiger charge is 2.33. The van der Waals surface area contributed by atoms with Gasteiger partial charge >= 0.3 is 0 Å². The second-order valence-corrected chi connectivity index (χ2v) is 8.38. The Bertz CT molecular complexity index is 1090. The van der Waals surface area contributed by atoms with Crippen LogP contribution in [-0.2, 0) is 4.79 Å². The topological polar surface area (TPSA) is 32.8 Å². The number of thiocarbonyl (C=S) groups is 1. The first-order valence-corrected chi connectivity index (χ1v) is 10.6. The van der Waals surface area contributed by atoms with Crippen LogP contribution in [0.5, 0.6) is 5.75 Å². The van der Waals surface area contributed by atoms with Crippen LogP contribution in [0.1, 0.15) is 5.56 Å². The molecule has 1 heterocycles. The summed E-state index contributed by atoms with van der Waals surface area (Å²) >= 11 is 6.77. The van der Waals surface area contributed by atoms with E-state index in [4.69, 9.17) is 17.0 Å². The lowest BCUT2D eigenvalue weighted by Crippen LogP contribution is -2.27. The third kappa shape index (κ3) is 4.10. The maximum absolute atomic E-state index is 12.9. The van der Waals surface area contributed by atoms with Crippen LogP contribution in [0.25, 0.3) is 6.08 Å². The van der Waals surface area contributed by atoms with Crippen molar-refractivity contribution in [1.29, 1.82) is 0 Å². The summed E-state index contributed by atoms with van der Waals surface area (Å²) in [6.07, 6.45) is 1.88. The van der Waals surface area contributed by atoms with Crippen molar-refractivity contribution >= 4 is 57.3 Å². The molecule has 0 unspecified atom stereocenters. The van der Waals surface area contributed by atoms with Crippen molar-refractivity contribution in [1.82, 2.24) is 0 Å². The molecule has 1 aliphatic rings. The number of hydrogen-bond acceptors (Lipinski definition) is 5. The van der Waals surface area contributed by atoms with Gasteiger partial charge < -0.3 is 9.64 Å². The summed E-state index contributed by atoms with van der Waals surface area (Å²) in [5, 5.41) is 0. The monoisotopic (exact) mass is 432 g/mol. The molecule has 0 radical (unpaired) electrons. The number of amides is 1. The van der Waals surface area contributed by atoms with Gasteiger partial charge in [0, 0.05) is 18.4 Å². The molecule has 150 valence electrons. The summed E-state index contributed by atoms with van der Waals surface area (Å²) in [4.78, 5) is 17.2. The van der Waals surface area contributed by atoms with Gasteiger partial charge in [0.05, 0.1) is 17.7 Å². The number of rotatable bonds is 5. The van der Waals surface area contributed by atoms with Crippen LogP contribution in [0.2, 0.25) is 0 Å². The number of thioether (sulfide) groups is 1. The molecule has 4 rings (SSSR count). The fraction of sp³-hybridized carbons (Fsp3) is 0.0833. The van der Waals surface area contributed by atoms with E-state index in [1.54, 1.807) is 12.0 Å². The van der Waals surface area contributed by atoms with Gasteiger partial charge in [0.1, 0.15) is 5.75 Å². The second kappa shape index (κ2) is 8.73. The molecular weight excluding hydrogens is 412 g/mol. The van der Waals surface area contributed by atoms with E-state index in [0.29, 0.717) is 9.23 Å². The SMILES string of the molecule is COc1ccc(N2C(=O)C(=Cc3ccc(N(C)c4ccccc4)cc3)SC2=S)cc1. The summed E-state index contributed by atoms with van der Waals surface area (Å²) < 4.78 is 5.71. The second-order valence-electron chi connectivity index (χ2n) is 6.70. The van der Waals surface area contributed by atoms with Crippen LogP contribution < -0.4 is 14.5 Å². The van der Waals surface area contributed by atoms with Crippen molar-refractivity contribution in [2.75, 3.05) is 24.0 Å². The third-order valence-corrected chi connectivity index (χ3v) is 6.15. The molecule has 1 amide bonds. The molecular formula is C24H20N2O2S2. The molecule has 0 bridgehead atoms. The van der Waals surface area contributed by atoms with E-state index < -0.39 is 0 Å². The van der Waals surface area contributed by atoms with Crippen LogP contribution in [0.4, 0.5) is 17.1 Å². The molecule has 1 saturated heterocycles. The number of hydrogen-bond donors (Lipinski definition) is 0. The van der Waals surface area contributed by atoms with Crippen molar-refractivity contribution in [2.24, 2.45) is 0 Å². The van der Waals surface area contributed by atoms with Gasteiger partial charge in [0.15, 0.2) is 4.32 Å². The predicted molar refractivity (Wildman–Crippen MR) is 130 cm³/mol. The number of benzene rings is 3. The van der Waals surface area contributed by atoms with E-state index >= 15 is 0 Å². The molecule has 0 aromatic heterocycles. The van der Waals surface area contributed by atoms with Crippen LogP contribution in [-0.4, -0.2) is 24.4 Å². The number of ether oxygens (including phenoxy) is 1. The van der Waals surface area contributed by atoms with Gasteiger partial charge in [-0.25, -0.2) is 0 Å². The van der Waals surface area contributed by atoms with Gasteiger partial charge in [-0.1, -0.05) is 54.3 Å². The van der Waals surface area contributed by atoms with Crippen LogP contribution >= 0.6 is 24.0 Å². The Hall–Kier alpha value is -3.09. The zero-order valence-corrected chi connectivity index (χ0v) is 18.2. The van der Waals surface area contributed by atoms with Crippen molar-refractivity contribution in [3.63, 3.8) is 0 Å². The van der Waals surface area contributed by atoms with E-state index in [1.165, 1.54) is 11.8 Å². The molecule has 3 aromatic rings. The maximum Gasteiger partial charge on any atom is 0.270 e. The molecule has 1 fully saturated rings. The zero-order chi connectivity index (χ0) is 21.1. The Morgan fingerprint density at radius 3 is 2.20 bits per heavy atom. The molecule has 0 atom stereocenters. The fourth-order valence-electron chi connectivity index (χ4n) is 3.17. The highest BCUT2D eigenvalue weighted by Crippen LogP contribution is 2.36. The molecule has 3 aromatic carbocycles. The van der Waals surface area contributed by atoms with Crippen LogP contribution in [0.15, 0.2) is 83.8 Å². The van der Waals surface area contributed by atoms with Crippen molar-refractivity contribution < 1.29 is 9.53 Å². The minimum atomic E-state index is -0.111. The highest BCUT2D eigenvalue weighted by molar-refractivity contribution is 8.27. The van der Waals surface area contributed by atoms with E-state index in [2.05, 4.69) is 17.0 Å². The molecule has 1 aliphatic heterocycles. The molecule has 0 saturated carbocycles. The molecule has 0 aliphatic carbocycles. The highest BCUT2D eigenvalue weighted by atomic mass is 32.2. The number of nitrogens with zero attached hydrogens (tertiary/aromatic N) is 2. The molecule has 0 N–H and O–H groups in total. The number of anilines is 3. The van der Waals surface area contributed by atoms with E-state index in [0.717, 1.165) is 28.4 Å². The number of methoxy groups -OCH3 is 1. The summed E-state index contributed by atoms with van der Waals surface area (Å²) in [7, 11) is 3.64.